The molecule has 2 rings (SSSR count). The maximum Gasteiger partial charge on any atom is 0.0640 e. The van der Waals surface area contributed by atoms with Gasteiger partial charge in [0, 0.05) is 18.7 Å². The highest BCUT2D eigenvalue weighted by molar-refractivity contribution is 5.02. The van der Waals surface area contributed by atoms with Crippen LogP contribution in [0.4, 0.5) is 0 Å². The lowest BCUT2D eigenvalue weighted by atomic mass is 10.1. The quantitative estimate of drug-likeness (QED) is 0.795. The van der Waals surface area contributed by atoms with Crippen molar-refractivity contribution < 1.29 is 0 Å². The molecule has 4 nitrogen and oxygen atoms in total. The van der Waals surface area contributed by atoms with E-state index >= 15 is 0 Å². The zero-order chi connectivity index (χ0) is 14.4. The molecule has 0 aromatic carbocycles. The van der Waals surface area contributed by atoms with E-state index in [1.165, 1.54) is 25.7 Å². The molecule has 1 heterocycles. The highest BCUT2D eigenvalue weighted by Crippen LogP contribution is 2.28. The van der Waals surface area contributed by atoms with Gasteiger partial charge in [0.2, 0.25) is 0 Å². The number of nitrogens with two attached hydrogens (primary N) is 1. The summed E-state index contributed by atoms with van der Waals surface area (Å²) in [4.78, 5) is 2.43. The van der Waals surface area contributed by atoms with Crippen LogP contribution in [0.5, 0.6) is 0 Å². The van der Waals surface area contributed by atoms with Crippen molar-refractivity contribution >= 4 is 0 Å². The van der Waals surface area contributed by atoms with E-state index in [-0.39, 0.29) is 6.04 Å². The van der Waals surface area contributed by atoms with Crippen LogP contribution in [-0.4, -0.2) is 40.4 Å². The Morgan fingerprint density at radius 2 is 2.05 bits per heavy atom. The summed E-state index contributed by atoms with van der Waals surface area (Å²) < 4.78 is 2.17. The molecule has 1 aromatic heterocycles. The molecule has 1 aromatic rings. The summed E-state index contributed by atoms with van der Waals surface area (Å²) in [6.07, 6.45) is 9.37. The van der Waals surface area contributed by atoms with Crippen LogP contribution in [0, 0.1) is 0 Å². The van der Waals surface area contributed by atoms with Crippen LogP contribution in [0.1, 0.15) is 57.7 Å². The van der Waals surface area contributed by atoms with E-state index in [0.29, 0.717) is 6.04 Å². The summed E-state index contributed by atoms with van der Waals surface area (Å²) in [6, 6.07) is 3.01. The molecule has 1 atom stereocenters. The van der Waals surface area contributed by atoms with Crippen molar-refractivity contribution in [1.82, 2.24) is 14.7 Å². The molecule has 4 heteroatoms. The lowest BCUT2D eigenvalue weighted by molar-refractivity contribution is 0.289. The van der Waals surface area contributed by atoms with E-state index in [1.807, 2.05) is 0 Å². The summed E-state index contributed by atoms with van der Waals surface area (Å²) in [7, 11) is 0. The molecule has 1 aliphatic carbocycles. The molecule has 0 aliphatic heterocycles. The third kappa shape index (κ3) is 4.32. The van der Waals surface area contributed by atoms with Crippen molar-refractivity contribution in [2.45, 2.75) is 64.5 Å². The van der Waals surface area contributed by atoms with Crippen molar-refractivity contribution in [2.24, 2.45) is 5.73 Å². The highest BCUT2D eigenvalue weighted by atomic mass is 15.3. The molecule has 0 bridgehead atoms. The van der Waals surface area contributed by atoms with Crippen molar-refractivity contribution in [1.29, 1.82) is 0 Å². The van der Waals surface area contributed by atoms with Gasteiger partial charge in [0.15, 0.2) is 0 Å². The monoisotopic (exact) mass is 278 g/mol. The Labute approximate surface area is 123 Å². The lowest BCUT2D eigenvalue weighted by Gasteiger charge is -2.20. The standard InChI is InChI=1S/C16H30N4/c1-3-19(4-2)11-9-14(17)13-15-10-12-20(18-15)16-7-5-6-8-16/h10,12,14,16H,3-9,11,13,17H2,1-2H3. The summed E-state index contributed by atoms with van der Waals surface area (Å²) >= 11 is 0. The van der Waals surface area contributed by atoms with E-state index in [9.17, 15) is 0 Å². The number of rotatable bonds is 8. The predicted molar refractivity (Wildman–Crippen MR) is 83.8 cm³/mol. The first kappa shape index (κ1) is 15.5. The van der Waals surface area contributed by atoms with Crippen LogP contribution >= 0.6 is 0 Å². The smallest absolute Gasteiger partial charge is 0.0640 e. The Hall–Kier alpha value is -0.870. The fourth-order valence-electron chi connectivity index (χ4n) is 3.12. The van der Waals surface area contributed by atoms with E-state index in [2.05, 4.69) is 35.7 Å². The molecule has 0 saturated heterocycles. The fourth-order valence-corrected chi connectivity index (χ4v) is 3.12. The van der Waals surface area contributed by atoms with Crippen LogP contribution in [0.15, 0.2) is 12.3 Å². The van der Waals surface area contributed by atoms with Crippen LogP contribution in [0.3, 0.4) is 0 Å². The Kier molecular flexibility index (Phi) is 6.05. The zero-order valence-corrected chi connectivity index (χ0v) is 13.1. The molecule has 1 aliphatic rings. The van der Waals surface area contributed by atoms with E-state index < -0.39 is 0 Å². The molecule has 114 valence electrons. The Bertz CT molecular complexity index is 378. The summed E-state index contributed by atoms with van der Waals surface area (Å²) in [6.45, 7) is 7.73. The second kappa shape index (κ2) is 7.79. The van der Waals surface area contributed by atoms with Gasteiger partial charge in [0.1, 0.15) is 0 Å². The van der Waals surface area contributed by atoms with Crippen LogP contribution in [0.25, 0.3) is 0 Å². The van der Waals surface area contributed by atoms with Gasteiger partial charge in [0.25, 0.3) is 0 Å². The van der Waals surface area contributed by atoms with Crippen LogP contribution in [0.2, 0.25) is 0 Å². The maximum atomic E-state index is 6.25. The van der Waals surface area contributed by atoms with Gasteiger partial charge in [-0.25, -0.2) is 0 Å². The minimum atomic E-state index is 0.225. The van der Waals surface area contributed by atoms with Gasteiger partial charge >= 0.3 is 0 Å². The van der Waals surface area contributed by atoms with Crippen LogP contribution in [-0.2, 0) is 6.42 Å². The Morgan fingerprint density at radius 3 is 2.70 bits per heavy atom. The first-order chi connectivity index (χ1) is 9.72. The van der Waals surface area contributed by atoms with Gasteiger partial charge in [0.05, 0.1) is 11.7 Å². The first-order valence-electron chi connectivity index (χ1n) is 8.24. The average molecular weight is 278 g/mol. The second-order valence-corrected chi connectivity index (χ2v) is 6.01. The van der Waals surface area contributed by atoms with E-state index in [4.69, 9.17) is 10.8 Å². The van der Waals surface area contributed by atoms with Crippen molar-refractivity contribution in [3.8, 4) is 0 Å². The van der Waals surface area contributed by atoms with Crippen molar-refractivity contribution in [3.05, 3.63) is 18.0 Å². The molecule has 1 fully saturated rings. The molecule has 1 saturated carbocycles. The van der Waals surface area contributed by atoms with Crippen molar-refractivity contribution in [3.63, 3.8) is 0 Å². The normalized spacial score (nSPS) is 18.0. The van der Waals surface area contributed by atoms with Gasteiger partial charge < -0.3 is 10.6 Å². The number of aromatic nitrogens is 2. The third-order valence-electron chi connectivity index (χ3n) is 4.54. The molecular weight excluding hydrogens is 248 g/mol. The van der Waals surface area contributed by atoms with Crippen LogP contribution < -0.4 is 5.73 Å². The molecule has 0 radical (unpaired) electrons. The zero-order valence-electron chi connectivity index (χ0n) is 13.1. The number of hydrogen-bond acceptors (Lipinski definition) is 3. The molecular formula is C16H30N4. The van der Waals surface area contributed by atoms with Gasteiger partial charge in [-0.15, -0.1) is 0 Å². The minimum Gasteiger partial charge on any atom is -0.327 e. The Balaban J connectivity index is 1.77. The van der Waals surface area contributed by atoms with Gasteiger partial charge in [-0.05, 0) is 45.0 Å². The average Bonchev–Trinajstić information content (AvgIpc) is 3.10. The maximum absolute atomic E-state index is 6.25. The third-order valence-corrected chi connectivity index (χ3v) is 4.54. The number of nitrogens with zero attached hydrogens (tertiary/aromatic N) is 3. The molecule has 2 N–H and O–H groups in total. The van der Waals surface area contributed by atoms with E-state index in [1.54, 1.807) is 0 Å². The lowest BCUT2D eigenvalue weighted by Crippen LogP contribution is -2.31. The first-order valence-corrected chi connectivity index (χ1v) is 8.24. The largest absolute Gasteiger partial charge is 0.327 e. The topological polar surface area (TPSA) is 47.1 Å². The SMILES string of the molecule is CCN(CC)CCC(N)Cc1ccn(C2CCCC2)n1. The summed E-state index contributed by atoms with van der Waals surface area (Å²) in [5.41, 5.74) is 7.41. The summed E-state index contributed by atoms with van der Waals surface area (Å²) in [5.74, 6) is 0. The van der Waals surface area contributed by atoms with Gasteiger partial charge in [-0.3, -0.25) is 4.68 Å². The second-order valence-electron chi connectivity index (χ2n) is 6.01. The van der Waals surface area contributed by atoms with Crippen molar-refractivity contribution in [2.75, 3.05) is 19.6 Å². The molecule has 1 unspecified atom stereocenters. The minimum absolute atomic E-state index is 0.225. The highest BCUT2D eigenvalue weighted by Gasteiger charge is 2.18. The molecule has 20 heavy (non-hydrogen) atoms. The molecule has 0 amide bonds. The fraction of sp³-hybridized carbons (Fsp3) is 0.812. The Morgan fingerprint density at radius 1 is 1.35 bits per heavy atom. The molecule has 0 spiro atoms. The predicted octanol–water partition coefficient (Wildman–Crippen LogP) is 2.60. The van der Waals surface area contributed by atoms with Gasteiger partial charge in [-0.1, -0.05) is 26.7 Å². The van der Waals surface area contributed by atoms with E-state index in [0.717, 1.165) is 38.2 Å². The summed E-state index contributed by atoms with van der Waals surface area (Å²) in [5, 5.41) is 4.72. The van der Waals surface area contributed by atoms with Gasteiger partial charge in [-0.2, -0.15) is 5.10 Å². The number of hydrogen-bond donors (Lipinski definition) is 1.